The largest absolute Gasteiger partial charge is 0.461 e. The van der Waals surface area contributed by atoms with Gasteiger partial charge >= 0.3 is 19.7 Å². The van der Waals surface area contributed by atoms with Crippen LogP contribution in [0, 0.1) is 0 Å². The number of hydrogen-bond acceptors (Lipinski definition) is 7. The Labute approximate surface area is 160 Å². The lowest BCUT2D eigenvalue weighted by Gasteiger charge is -2.27. The number of benzene rings is 1. The average molecular weight is 401 g/mol. The lowest BCUT2D eigenvalue weighted by atomic mass is 10.2. The minimum Gasteiger partial charge on any atom is -0.461 e. The second-order valence-electron chi connectivity index (χ2n) is 6.75. The molecule has 0 aliphatic heterocycles. The fraction of sp³-hybridized carbons (Fsp3) is 0.556. The molecule has 9 heteroatoms. The van der Waals surface area contributed by atoms with Crippen molar-refractivity contribution in [3.8, 4) is 0 Å². The molecule has 0 saturated carbocycles. The number of alkyl carbamates (subject to hydrolysis) is 1. The van der Waals surface area contributed by atoms with Crippen LogP contribution in [-0.2, 0) is 34.5 Å². The molecule has 0 bridgehead atoms. The van der Waals surface area contributed by atoms with Gasteiger partial charge < -0.3 is 23.8 Å². The van der Waals surface area contributed by atoms with Gasteiger partial charge in [0.25, 0.3) is 0 Å². The molecule has 0 aliphatic rings. The Morgan fingerprint density at radius 1 is 1.11 bits per heavy atom. The summed E-state index contributed by atoms with van der Waals surface area (Å²) < 4.78 is 32.9. The summed E-state index contributed by atoms with van der Waals surface area (Å²) in [6.45, 7) is 5.24. The van der Waals surface area contributed by atoms with Gasteiger partial charge in [0, 0.05) is 20.6 Å². The average Bonchev–Trinajstić information content (AvgIpc) is 2.62. The molecule has 0 aliphatic carbocycles. The molecule has 1 unspecified atom stereocenters. The first-order valence-corrected chi connectivity index (χ1v) is 10.1. The van der Waals surface area contributed by atoms with Crippen molar-refractivity contribution in [2.45, 2.75) is 51.6 Å². The third-order valence-electron chi connectivity index (χ3n) is 3.44. The number of rotatable bonds is 9. The minimum atomic E-state index is -3.66. The third kappa shape index (κ3) is 8.56. The van der Waals surface area contributed by atoms with Gasteiger partial charge in [0.1, 0.15) is 18.0 Å². The van der Waals surface area contributed by atoms with Gasteiger partial charge in [-0.1, -0.05) is 30.3 Å². The number of nitrogens with one attached hydrogen (secondary N) is 1. The maximum absolute atomic E-state index is 12.7. The lowest BCUT2D eigenvalue weighted by Crippen LogP contribution is -2.39. The Morgan fingerprint density at radius 2 is 1.70 bits per heavy atom. The molecule has 27 heavy (non-hydrogen) atoms. The Balaban J connectivity index is 2.66. The number of ether oxygens (including phenoxy) is 2. The zero-order valence-electron chi connectivity index (χ0n) is 16.4. The van der Waals surface area contributed by atoms with Crippen molar-refractivity contribution in [3.63, 3.8) is 0 Å². The van der Waals surface area contributed by atoms with E-state index in [-0.39, 0.29) is 19.4 Å². The molecular weight excluding hydrogens is 373 g/mol. The molecule has 0 heterocycles. The fourth-order valence-electron chi connectivity index (χ4n) is 2.15. The maximum atomic E-state index is 12.7. The molecule has 0 saturated heterocycles. The molecule has 1 aromatic rings. The van der Waals surface area contributed by atoms with Crippen LogP contribution >= 0.6 is 7.60 Å². The van der Waals surface area contributed by atoms with Gasteiger partial charge in [-0.3, -0.25) is 9.36 Å². The van der Waals surface area contributed by atoms with Crippen molar-refractivity contribution in [2.24, 2.45) is 0 Å². The SMILES string of the molecule is COP(=O)(OC)C(CCC(=O)OCc1ccccc1)NC(=O)OC(C)(C)C. The van der Waals surface area contributed by atoms with Crippen LogP contribution in [0.15, 0.2) is 30.3 Å². The quantitative estimate of drug-likeness (QED) is 0.495. The van der Waals surface area contributed by atoms with E-state index < -0.39 is 31.0 Å². The van der Waals surface area contributed by atoms with Gasteiger partial charge in [0.15, 0.2) is 0 Å². The van der Waals surface area contributed by atoms with E-state index in [1.54, 1.807) is 20.8 Å². The molecule has 1 amide bonds. The molecule has 0 aromatic heterocycles. The normalized spacial score (nSPS) is 12.9. The van der Waals surface area contributed by atoms with E-state index in [1.807, 2.05) is 30.3 Å². The summed E-state index contributed by atoms with van der Waals surface area (Å²) in [4.78, 5) is 24.0. The summed E-state index contributed by atoms with van der Waals surface area (Å²) in [6, 6.07) is 9.23. The van der Waals surface area contributed by atoms with E-state index in [1.165, 1.54) is 14.2 Å². The van der Waals surface area contributed by atoms with Gasteiger partial charge in [0.2, 0.25) is 0 Å². The number of carbonyl (C=O) groups excluding carboxylic acids is 2. The summed E-state index contributed by atoms with van der Waals surface area (Å²) in [5, 5.41) is 2.46. The third-order valence-corrected chi connectivity index (χ3v) is 5.61. The van der Waals surface area contributed by atoms with Crippen LogP contribution in [0.5, 0.6) is 0 Å². The summed E-state index contributed by atoms with van der Waals surface area (Å²) in [6.07, 6.45) is -0.852. The van der Waals surface area contributed by atoms with Crippen molar-refractivity contribution < 1.29 is 32.7 Å². The zero-order valence-corrected chi connectivity index (χ0v) is 17.3. The van der Waals surface area contributed by atoms with Gasteiger partial charge in [0.05, 0.1) is 0 Å². The number of esters is 1. The fourth-order valence-corrected chi connectivity index (χ4v) is 3.51. The Morgan fingerprint density at radius 3 is 2.22 bits per heavy atom. The van der Waals surface area contributed by atoms with Gasteiger partial charge in [-0.2, -0.15) is 0 Å². The van der Waals surface area contributed by atoms with Crippen LogP contribution in [0.25, 0.3) is 0 Å². The van der Waals surface area contributed by atoms with E-state index >= 15 is 0 Å². The van der Waals surface area contributed by atoms with Crippen LogP contribution in [0.3, 0.4) is 0 Å². The standard InChI is InChI=1S/C18H28NO7P/c1-18(2,3)26-17(21)19-15(27(22,23-4)24-5)11-12-16(20)25-13-14-9-7-6-8-10-14/h6-10,15H,11-13H2,1-5H3,(H,19,21). The van der Waals surface area contributed by atoms with Crippen LogP contribution in [0.1, 0.15) is 39.2 Å². The summed E-state index contributed by atoms with van der Waals surface area (Å²) in [5.41, 5.74) is 0.127. The highest BCUT2D eigenvalue weighted by Gasteiger charge is 2.36. The molecule has 152 valence electrons. The topological polar surface area (TPSA) is 100 Å². The highest BCUT2D eigenvalue weighted by molar-refractivity contribution is 7.54. The van der Waals surface area contributed by atoms with Crippen molar-refractivity contribution in [1.29, 1.82) is 0 Å². The molecule has 0 radical (unpaired) electrons. The Bertz CT molecular complexity index is 649. The zero-order chi connectivity index (χ0) is 20.5. The summed E-state index contributed by atoms with van der Waals surface area (Å²) in [7, 11) is -1.24. The molecule has 8 nitrogen and oxygen atoms in total. The van der Waals surface area contributed by atoms with Gasteiger partial charge in [-0.15, -0.1) is 0 Å². The number of carbonyl (C=O) groups is 2. The molecule has 0 fully saturated rings. The van der Waals surface area contributed by atoms with Crippen molar-refractivity contribution in [3.05, 3.63) is 35.9 Å². The first-order valence-electron chi connectivity index (χ1n) is 8.50. The van der Waals surface area contributed by atoms with Crippen LogP contribution in [-0.4, -0.2) is 37.7 Å². The molecule has 1 atom stereocenters. The Kier molecular flexibility index (Phi) is 8.96. The lowest BCUT2D eigenvalue weighted by molar-refractivity contribution is -0.145. The molecule has 1 N–H and O–H groups in total. The van der Waals surface area contributed by atoms with E-state index in [0.29, 0.717) is 0 Å². The molecular formula is C18H28NO7P. The van der Waals surface area contributed by atoms with E-state index in [2.05, 4.69) is 5.32 Å². The van der Waals surface area contributed by atoms with Gasteiger partial charge in [-0.25, -0.2) is 4.79 Å². The monoisotopic (exact) mass is 401 g/mol. The first-order chi connectivity index (χ1) is 12.6. The molecule has 1 aromatic carbocycles. The highest BCUT2D eigenvalue weighted by atomic mass is 31.2. The molecule has 0 spiro atoms. The second-order valence-corrected chi connectivity index (χ2v) is 9.19. The Hall–Kier alpha value is -1.89. The second kappa shape index (κ2) is 10.4. The van der Waals surface area contributed by atoms with Crippen molar-refractivity contribution in [2.75, 3.05) is 14.2 Å². The molecule has 1 rings (SSSR count). The number of amides is 1. The van der Waals surface area contributed by atoms with E-state index in [0.717, 1.165) is 5.56 Å². The highest BCUT2D eigenvalue weighted by Crippen LogP contribution is 2.52. The number of hydrogen-bond donors (Lipinski definition) is 1. The van der Waals surface area contributed by atoms with Crippen LogP contribution in [0.2, 0.25) is 0 Å². The van der Waals surface area contributed by atoms with Crippen LogP contribution in [0.4, 0.5) is 4.79 Å². The van der Waals surface area contributed by atoms with Gasteiger partial charge in [-0.05, 0) is 32.8 Å². The van der Waals surface area contributed by atoms with Crippen molar-refractivity contribution in [1.82, 2.24) is 5.32 Å². The van der Waals surface area contributed by atoms with Crippen LogP contribution < -0.4 is 5.32 Å². The first kappa shape index (κ1) is 23.1. The summed E-state index contributed by atoms with van der Waals surface area (Å²) >= 11 is 0. The maximum Gasteiger partial charge on any atom is 0.408 e. The van der Waals surface area contributed by atoms with E-state index in [9.17, 15) is 14.2 Å². The van der Waals surface area contributed by atoms with Crippen molar-refractivity contribution >= 4 is 19.7 Å². The summed E-state index contributed by atoms with van der Waals surface area (Å²) in [5.74, 6) is -1.54. The minimum absolute atomic E-state index is 0.00578. The smallest absolute Gasteiger partial charge is 0.408 e. The van der Waals surface area contributed by atoms with E-state index in [4.69, 9.17) is 18.5 Å². The predicted molar refractivity (Wildman–Crippen MR) is 100 cm³/mol. The predicted octanol–water partition coefficient (Wildman–Crippen LogP) is 3.85.